The van der Waals surface area contributed by atoms with Gasteiger partial charge in [-0.3, -0.25) is 4.79 Å². The number of benzene rings is 1. The molecule has 2 rings (SSSR count). The Morgan fingerprint density at radius 2 is 2.05 bits per heavy atom. The summed E-state index contributed by atoms with van der Waals surface area (Å²) in [6.07, 6.45) is 2.86. The second-order valence-electron chi connectivity index (χ2n) is 5.33. The zero-order valence-corrected chi connectivity index (χ0v) is 11.2. The Morgan fingerprint density at radius 3 is 2.80 bits per heavy atom. The molecule has 0 saturated heterocycles. The summed E-state index contributed by atoms with van der Waals surface area (Å²) in [6.45, 7) is 0.625. The Hall–Kier alpha value is -1.49. The Balaban J connectivity index is 1.85. The van der Waals surface area contributed by atoms with E-state index in [1.807, 2.05) is 0 Å². The van der Waals surface area contributed by atoms with Crippen molar-refractivity contribution in [3.8, 4) is 0 Å². The molecule has 1 aliphatic rings. The second kappa shape index (κ2) is 6.79. The molecular formula is C15H19F2NO2. The number of aliphatic hydroxyl groups excluding tert-OH is 1. The van der Waals surface area contributed by atoms with E-state index in [9.17, 15) is 18.7 Å². The van der Waals surface area contributed by atoms with Crippen molar-refractivity contribution in [2.75, 3.05) is 13.2 Å². The van der Waals surface area contributed by atoms with Crippen molar-refractivity contribution in [2.24, 2.45) is 11.8 Å². The van der Waals surface area contributed by atoms with Crippen molar-refractivity contribution in [2.45, 2.75) is 25.7 Å². The first-order chi connectivity index (χ1) is 9.61. The van der Waals surface area contributed by atoms with Crippen molar-refractivity contribution in [1.82, 2.24) is 5.32 Å². The van der Waals surface area contributed by atoms with Crippen LogP contribution in [0.15, 0.2) is 18.2 Å². The Morgan fingerprint density at radius 1 is 1.30 bits per heavy atom. The van der Waals surface area contributed by atoms with E-state index in [0.29, 0.717) is 6.54 Å². The van der Waals surface area contributed by atoms with E-state index < -0.39 is 11.6 Å². The first-order valence-corrected chi connectivity index (χ1v) is 6.92. The normalized spacial score (nSPS) is 21.9. The van der Waals surface area contributed by atoms with Crippen LogP contribution in [0, 0.1) is 23.5 Å². The van der Waals surface area contributed by atoms with Crippen LogP contribution in [0.1, 0.15) is 24.8 Å². The highest BCUT2D eigenvalue weighted by Crippen LogP contribution is 2.30. The maximum Gasteiger partial charge on any atom is 0.224 e. The lowest BCUT2D eigenvalue weighted by Gasteiger charge is -2.17. The second-order valence-corrected chi connectivity index (χ2v) is 5.33. The summed E-state index contributed by atoms with van der Waals surface area (Å²) in [7, 11) is 0. The number of nitrogens with one attached hydrogen (secondary N) is 1. The van der Waals surface area contributed by atoms with E-state index in [2.05, 4.69) is 5.32 Å². The minimum absolute atomic E-state index is 0.0626. The monoisotopic (exact) mass is 283 g/mol. The highest BCUT2D eigenvalue weighted by atomic mass is 19.2. The van der Waals surface area contributed by atoms with E-state index in [-0.39, 0.29) is 36.3 Å². The predicted octanol–water partition coefficient (Wildman–Crippen LogP) is 2.03. The molecule has 0 bridgehead atoms. The number of halogens is 2. The number of aliphatic hydroxyl groups is 1. The van der Waals surface area contributed by atoms with Crippen molar-refractivity contribution in [3.05, 3.63) is 35.4 Å². The van der Waals surface area contributed by atoms with E-state index in [0.717, 1.165) is 25.3 Å². The van der Waals surface area contributed by atoms with Crippen LogP contribution >= 0.6 is 0 Å². The van der Waals surface area contributed by atoms with E-state index in [4.69, 9.17) is 0 Å². The van der Waals surface area contributed by atoms with Crippen LogP contribution in [-0.4, -0.2) is 24.2 Å². The van der Waals surface area contributed by atoms with Crippen LogP contribution in [0.2, 0.25) is 0 Å². The third-order valence-electron chi connectivity index (χ3n) is 4.00. The van der Waals surface area contributed by atoms with Crippen molar-refractivity contribution < 1.29 is 18.7 Å². The first kappa shape index (κ1) is 14.9. The number of hydrogen-bond donors (Lipinski definition) is 2. The van der Waals surface area contributed by atoms with E-state index in [1.165, 1.54) is 12.1 Å². The van der Waals surface area contributed by atoms with Crippen LogP contribution < -0.4 is 5.32 Å². The molecule has 1 aromatic rings. The van der Waals surface area contributed by atoms with Crippen molar-refractivity contribution in [1.29, 1.82) is 0 Å². The minimum Gasteiger partial charge on any atom is -0.396 e. The molecule has 1 aliphatic carbocycles. The number of carbonyl (C=O) groups excluding carboxylic acids is 1. The summed E-state index contributed by atoms with van der Waals surface area (Å²) in [4.78, 5) is 11.8. The van der Waals surface area contributed by atoms with Crippen LogP contribution in [-0.2, 0) is 11.2 Å². The molecule has 1 fully saturated rings. The molecule has 1 aromatic carbocycles. The quantitative estimate of drug-likeness (QED) is 0.868. The summed E-state index contributed by atoms with van der Waals surface area (Å²) in [5, 5.41) is 11.9. The number of carbonyl (C=O) groups is 1. The van der Waals surface area contributed by atoms with Crippen LogP contribution in [0.4, 0.5) is 8.78 Å². The molecule has 5 heteroatoms. The van der Waals surface area contributed by atoms with E-state index >= 15 is 0 Å². The van der Waals surface area contributed by atoms with Crippen LogP contribution in [0.25, 0.3) is 0 Å². The molecule has 1 saturated carbocycles. The molecule has 20 heavy (non-hydrogen) atoms. The molecule has 2 unspecified atom stereocenters. The zero-order valence-electron chi connectivity index (χ0n) is 11.2. The fraction of sp³-hybridized carbons (Fsp3) is 0.533. The molecule has 2 atom stereocenters. The largest absolute Gasteiger partial charge is 0.396 e. The average Bonchev–Trinajstić information content (AvgIpc) is 2.89. The Kier molecular flexibility index (Phi) is 5.06. The van der Waals surface area contributed by atoms with Gasteiger partial charge in [0.1, 0.15) is 0 Å². The van der Waals surface area contributed by atoms with Gasteiger partial charge in [0, 0.05) is 18.7 Å². The lowest BCUT2D eigenvalue weighted by molar-refractivity contribution is -0.120. The maximum atomic E-state index is 13.4. The third kappa shape index (κ3) is 3.54. The van der Waals surface area contributed by atoms with Crippen LogP contribution in [0.3, 0.4) is 0 Å². The molecule has 0 heterocycles. The predicted molar refractivity (Wildman–Crippen MR) is 71.0 cm³/mol. The first-order valence-electron chi connectivity index (χ1n) is 6.92. The van der Waals surface area contributed by atoms with Gasteiger partial charge < -0.3 is 10.4 Å². The molecule has 110 valence electrons. The van der Waals surface area contributed by atoms with Gasteiger partial charge in [-0.15, -0.1) is 0 Å². The van der Waals surface area contributed by atoms with Gasteiger partial charge in [-0.2, -0.15) is 0 Å². The highest BCUT2D eigenvalue weighted by Gasteiger charge is 2.26. The number of rotatable bonds is 5. The molecule has 1 amide bonds. The van der Waals surface area contributed by atoms with Gasteiger partial charge in [0.25, 0.3) is 0 Å². The lowest BCUT2D eigenvalue weighted by atomic mass is 9.97. The maximum absolute atomic E-state index is 13.4. The SMILES string of the molecule is O=C(Cc1cccc(F)c1F)NCC1CCCC1CO. The molecule has 2 N–H and O–H groups in total. The fourth-order valence-corrected chi connectivity index (χ4v) is 2.79. The van der Waals surface area contributed by atoms with Gasteiger partial charge in [0.05, 0.1) is 6.42 Å². The van der Waals surface area contributed by atoms with Crippen molar-refractivity contribution >= 4 is 5.91 Å². The highest BCUT2D eigenvalue weighted by molar-refractivity contribution is 5.78. The minimum atomic E-state index is -0.961. The van der Waals surface area contributed by atoms with Gasteiger partial charge in [-0.05, 0) is 30.7 Å². The molecule has 0 aliphatic heterocycles. The summed E-state index contributed by atoms with van der Waals surface area (Å²) >= 11 is 0. The van der Waals surface area contributed by atoms with Crippen molar-refractivity contribution in [3.63, 3.8) is 0 Å². The summed E-state index contributed by atoms with van der Waals surface area (Å²) < 4.78 is 26.5. The Bertz CT molecular complexity index is 479. The molecule has 0 spiro atoms. The van der Waals surface area contributed by atoms with Gasteiger partial charge in [0.2, 0.25) is 5.91 Å². The smallest absolute Gasteiger partial charge is 0.224 e. The topological polar surface area (TPSA) is 49.3 Å². The fourth-order valence-electron chi connectivity index (χ4n) is 2.79. The summed E-state index contributed by atoms with van der Waals surface area (Å²) in [5.41, 5.74) is 0.0626. The van der Waals surface area contributed by atoms with Gasteiger partial charge in [0.15, 0.2) is 11.6 Å². The van der Waals surface area contributed by atoms with Gasteiger partial charge in [-0.1, -0.05) is 18.6 Å². The number of amides is 1. The Labute approximate surface area is 117 Å². The zero-order chi connectivity index (χ0) is 14.5. The van der Waals surface area contributed by atoms with Gasteiger partial charge >= 0.3 is 0 Å². The third-order valence-corrected chi connectivity index (χ3v) is 4.00. The standard InChI is InChI=1S/C15H19F2NO2/c16-13-6-2-3-10(15(13)17)7-14(20)18-8-11-4-1-5-12(11)9-19/h2-3,6,11-12,19H,1,4-5,7-9H2,(H,18,20). The van der Waals surface area contributed by atoms with Gasteiger partial charge in [-0.25, -0.2) is 8.78 Å². The lowest BCUT2D eigenvalue weighted by Crippen LogP contribution is -2.32. The molecular weight excluding hydrogens is 264 g/mol. The number of hydrogen-bond acceptors (Lipinski definition) is 2. The molecule has 0 aromatic heterocycles. The summed E-state index contributed by atoms with van der Waals surface area (Å²) in [5.74, 6) is -1.70. The van der Waals surface area contributed by atoms with E-state index in [1.54, 1.807) is 0 Å². The van der Waals surface area contributed by atoms with Crippen LogP contribution in [0.5, 0.6) is 0 Å². The molecule has 0 radical (unpaired) electrons. The molecule has 3 nitrogen and oxygen atoms in total. The summed E-state index contributed by atoms with van der Waals surface area (Å²) in [6, 6.07) is 3.82. The average molecular weight is 283 g/mol.